The number of carbonyl (C=O) groups excluding carboxylic acids is 2. The van der Waals surface area contributed by atoms with Crippen molar-refractivity contribution in [1.82, 2.24) is 4.90 Å². The molecule has 1 rings (SSSR count). The van der Waals surface area contributed by atoms with E-state index in [1.165, 1.54) is 47.3 Å². The fourth-order valence-corrected chi connectivity index (χ4v) is 1.42. The van der Waals surface area contributed by atoms with Crippen molar-refractivity contribution in [2.45, 2.75) is 60.3 Å². The molecule has 0 fully saturated rings. The molecule has 10 heteroatoms. The number of benzene rings is 1. The summed E-state index contributed by atoms with van der Waals surface area (Å²) in [6.07, 6.45) is 1.21. The zero-order chi connectivity index (χ0) is 26.4. The van der Waals surface area contributed by atoms with Gasteiger partial charge < -0.3 is 34.2 Å². The van der Waals surface area contributed by atoms with Crippen LogP contribution in [0.2, 0.25) is 0 Å². The third-order valence-electron chi connectivity index (χ3n) is 2.08. The molecule has 0 aliphatic rings. The number of nitrogens with zero attached hydrogens (tertiary/aromatic N) is 1. The third-order valence-corrected chi connectivity index (χ3v) is 3.21. The summed E-state index contributed by atoms with van der Waals surface area (Å²) in [5.74, 6) is 0.333. The van der Waals surface area contributed by atoms with Crippen LogP contribution in [0.3, 0.4) is 0 Å². The third kappa shape index (κ3) is 95.9. The van der Waals surface area contributed by atoms with Crippen LogP contribution >= 0.6 is 7.37 Å². The van der Waals surface area contributed by atoms with Gasteiger partial charge in [-0.25, -0.2) is 8.42 Å². The van der Waals surface area contributed by atoms with E-state index < -0.39 is 17.2 Å². The van der Waals surface area contributed by atoms with Crippen LogP contribution in [0.15, 0.2) is 29.2 Å². The molecular formula is C24H52NO6PSTi. The topological polar surface area (TPSA) is 109 Å². The van der Waals surface area contributed by atoms with Crippen LogP contribution in [0.4, 0.5) is 0 Å². The molecule has 0 aromatic heterocycles. The fourth-order valence-electron chi connectivity index (χ4n) is 0.785. The maximum atomic E-state index is 10.9. The molecule has 204 valence electrons. The van der Waals surface area contributed by atoms with Crippen LogP contribution in [-0.4, -0.2) is 70.0 Å². The Balaban J connectivity index is -0.0000000427. The van der Waals surface area contributed by atoms with Gasteiger partial charge in [0.2, 0.25) is 0 Å². The van der Waals surface area contributed by atoms with Crippen LogP contribution in [0, 0.1) is 21.8 Å². The molecule has 0 saturated carbocycles. The molecule has 0 unspecified atom stereocenters. The molecule has 0 aliphatic heterocycles. The van der Waals surface area contributed by atoms with Gasteiger partial charge in [0.1, 0.15) is 11.6 Å². The molecule has 0 radical (unpaired) electrons. The molecule has 34 heavy (non-hydrogen) atoms. The zero-order valence-corrected chi connectivity index (χ0v) is 27.6. The molecule has 0 spiro atoms. The first-order valence-corrected chi connectivity index (χ1v) is 14.3. The molecule has 1 aromatic rings. The molecule has 7 nitrogen and oxygen atoms in total. The van der Waals surface area contributed by atoms with E-state index >= 15 is 0 Å². The van der Waals surface area contributed by atoms with Crippen LogP contribution in [-0.2, 0) is 45.7 Å². The van der Waals surface area contributed by atoms with Gasteiger partial charge in [0.15, 0.2) is 17.2 Å². The van der Waals surface area contributed by atoms with Crippen molar-refractivity contribution < 1.29 is 49.2 Å². The van der Waals surface area contributed by atoms with Crippen molar-refractivity contribution in [3.8, 4) is 0 Å². The molecule has 0 amide bonds. The molecule has 0 atom stereocenters. The normalized spacial score (nSPS) is 8.56. The van der Waals surface area contributed by atoms with E-state index in [0.29, 0.717) is 4.90 Å². The van der Waals surface area contributed by atoms with Crippen LogP contribution in [0.25, 0.3) is 0 Å². The Bertz CT molecular complexity index is 687. The molecule has 0 saturated heterocycles. The maximum Gasteiger partial charge on any atom is 2.00 e. The van der Waals surface area contributed by atoms with Gasteiger partial charge in [0.25, 0.3) is 0 Å². The van der Waals surface area contributed by atoms with Crippen molar-refractivity contribution >= 4 is 28.8 Å². The van der Waals surface area contributed by atoms with E-state index in [4.69, 9.17) is 4.89 Å². The van der Waals surface area contributed by atoms with Crippen LogP contribution < -0.4 is 0 Å². The number of Topliss-reactive ketones (excluding diaryl/α,β-unsaturated/α-hetero) is 2. The minimum atomic E-state index is -3.02. The Kier molecular flexibility index (Phi) is 51.7. The first-order valence-electron chi connectivity index (χ1n) is 9.87. The van der Waals surface area contributed by atoms with Gasteiger partial charge in [-0.15, -0.1) is 0 Å². The predicted octanol–water partition coefficient (Wildman–Crippen LogP) is 5.60. The second-order valence-electron chi connectivity index (χ2n) is 7.09. The van der Waals surface area contributed by atoms with Gasteiger partial charge in [-0.1, -0.05) is 38.5 Å². The Hall–Kier alpha value is -0.626. The van der Waals surface area contributed by atoms with E-state index in [0.717, 1.165) is 12.1 Å². The Morgan fingerprint density at radius 2 is 1.09 bits per heavy atom. The van der Waals surface area contributed by atoms with E-state index in [9.17, 15) is 22.6 Å². The molecule has 0 bridgehead atoms. The van der Waals surface area contributed by atoms with E-state index in [-0.39, 0.29) is 48.1 Å². The maximum absolute atomic E-state index is 10.9. The van der Waals surface area contributed by atoms with Crippen molar-refractivity contribution in [3.63, 3.8) is 0 Å². The minimum absolute atomic E-state index is 0. The van der Waals surface area contributed by atoms with Gasteiger partial charge >= 0.3 is 21.7 Å². The predicted molar refractivity (Wildman–Crippen MR) is 147 cm³/mol. The molecule has 0 heterocycles. The second-order valence-corrected chi connectivity index (χ2v) is 11.7. The SMILES string of the molecule is CC.CC(C)=O.CC(C)=O.CCN(C)C.CP(C)(=O)O.Cc1ccc(S(C)(=O)=O)cc1.[CH3-].[CH3-].[Ti+2]. The fraction of sp³-hybridized carbons (Fsp3) is 0.583. The average molecular weight is 562 g/mol. The number of carbonyl (C=O) groups is 2. The summed E-state index contributed by atoms with van der Waals surface area (Å²) in [5, 5.41) is 0. The first-order chi connectivity index (χ1) is 13.7. The van der Waals surface area contributed by atoms with Crippen molar-refractivity contribution in [2.24, 2.45) is 0 Å². The molecular weight excluding hydrogens is 509 g/mol. The van der Waals surface area contributed by atoms with Crippen molar-refractivity contribution in [2.75, 3.05) is 40.2 Å². The van der Waals surface area contributed by atoms with E-state index in [1.54, 1.807) is 24.3 Å². The van der Waals surface area contributed by atoms with Crippen molar-refractivity contribution in [1.29, 1.82) is 0 Å². The number of hydrogen-bond acceptors (Lipinski definition) is 6. The van der Waals surface area contributed by atoms with E-state index in [1.807, 2.05) is 20.8 Å². The Morgan fingerprint density at radius 3 is 1.21 bits per heavy atom. The minimum Gasteiger partial charge on any atom is -0.358 e. The average Bonchev–Trinajstić information content (AvgIpc) is 2.54. The van der Waals surface area contributed by atoms with Crippen LogP contribution in [0.5, 0.6) is 0 Å². The van der Waals surface area contributed by atoms with Gasteiger partial charge in [-0.05, 0) is 67.4 Å². The Morgan fingerprint density at radius 1 is 0.912 bits per heavy atom. The van der Waals surface area contributed by atoms with Crippen molar-refractivity contribution in [3.05, 3.63) is 44.7 Å². The summed E-state index contributed by atoms with van der Waals surface area (Å²) in [4.78, 5) is 29.5. The van der Waals surface area contributed by atoms with Gasteiger partial charge in [0.05, 0.1) is 4.90 Å². The molecule has 1 aromatic carbocycles. The smallest absolute Gasteiger partial charge is 0.358 e. The summed E-state index contributed by atoms with van der Waals surface area (Å²) in [6.45, 7) is 17.9. The van der Waals surface area contributed by atoms with Gasteiger partial charge in [-0.2, -0.15) is 0 Å². The zero-order valence-electron chi connectivity index (χ0n) is 24.3. The number of aryl methyl sites for hydroxylation is 1. The van der Waals surface area contributed by atoms with Gasteiger partial charge in [-0.3, -0.25) is 4.57 Å². The number of rotatable bonds is 2. The van der Waals surface area contributed by atoms with E-state index in [2.05, 4.69) is 25.9 Å². The summed E-state index contributed by atoms with van der Waals surface area (Å²) in [7, 11) is -1.55. The van der Waals surface area contributed by atoms with Crippen LogP contribution in [0.1, 0.15) is 54.0 Å². The second kappa shape index (κ2) is 32.4. The largest absolute Gasteiger partial charge is 2.00 e. The molecule has 1 N–H and O–H groups in total. The first kappa shape index (κ1) is 54.3. The standard InChI is InChI=1S/C8H10O2S.C4H11N.2C3H6O.C2H7O2P.C2H6.2CH3.Ti/c1-7-3-5-8(6-4-7)11(2,9)10;1-4-5(2)3;2*1-3(2)4;1-5(2,3)4;1-2;;;/h3-6H,1-2H3;4H2,1-3H3;2*1-2H3;1-2H3,(H,3,4);1-2H3;2*1H3;/q;;;;;;2*-1;+2. The number of sulfone groups is 1. The monoisotopic (exact) mass is 561 g/mol. The summed E-state index contributed by atoms with van der Waals surface area (Å²) in [6, 6.07) is 6.81. The van der Waals surface area contributed by atoms with Gasteiger partial charge in [0, 0.05) is 19.6 Å². The number of hydrogen-bond donors (Lipinski definition) is 1. The quantitative estimate of drug-likeness (QED) is 0.285. The number of ketones is 2. The summed E-state index contributed by atoms with van der Waals surface area (Å²) in [5.41, 5.74) is 1.07. The Labute approximate surface area is 227 Å². The summed E-state index contributed by atoms with van der Waals surface area (Å²) < 4.78 is 31.7. The summed E-state index contributed by atoms with van der Waals surface area (Å²) >= 11 is 0. The molecule has 0 aliphatic carbocycles.